The predicted octanol–water partition coefficient (Wildman–Crippen LogP) is 2.19. The van der Waals surface area contributed by atoms with E-state index in [1.165, 1.54) is 0 Å². The molecule has 118 valence electrons. The highest BCUT2D eigenvalue weighted by Gasteiger charge is 2.15. The number of aromatic nitrogens is 2. The standard InChI is InChI=1S/C15H20N4O3/c1-4-21-10(3)15-18-12(22-19-15)8-17-13-9(2)6-5-7-11(13)14(16)20/h5-7,10,17H,4,8H2,1-3H3,(H2,16,20)/t10-/m1/s1. The molecule has 0 saturated heterocycles. The quantitative estimate of drug-likeness (QED) is 0.812. The summed E-state index contributed by atoms with van der Waals surface area (Å²) in [5.41, 5.74) is 7.40. The Kier molecular flexibility index (Phi) is 5.11. The van der Waals surface area contributed by atoms with Crippen molar-refractivity contribution in [3.05, 3.63) is 41.0 Å². The molecule has 22 heavy (non-hydrogen) atoms. The Hall–Kier alpha value is -2.41. The van der Waals surface area contributed by atoms with Crippen molar-refractivity contribution in [2.45, 2.75) is 33.4 Å². The second-order valence-corrected chi connectivity index (χ2v) is 4.86. The normalized spacial score (nSPS) is 12.1. The van der Waals surface area contributed by atoms with Crippen LogP contribution in [0.4, 0.5) is 5.69 Å². The fraction of sp³-hybridized carbons (Fsp3) is 0.400. The lowest BCUT2D eigenvalue weighted by Gasteiger charge is -2.11. The zero-order chi connectivity index (χ0) is 16.1. The molecule has 1 amide bonds. The Bertz CT molecular complexity index is 654. The number of carbonyl (C=O) groups is 1. The number of nitrogens with zero attached hydrogens (tertiary/aromatic N) is 2. The molecular weight excluding hydrogens is 284 g/mol. The minimum atomic E-state index is -0.484. The van der Waals surface area contributed by atoms with Crippen LogP contribution in [0.3, 0.4) is 0 Å². The predicted molar refractivity (Wildman–Crippen MR) is 81.4 cm³/mol. The van der Waals surface area contributed by atoms with Crippen LogP contribution in [0, 0.1) is 6.92 Å². The molecule has 0 bridgehead atoms. The SMILES string of the molecule is CCO[C@H](C)c1noc(CNc2c(C)cccc2C(N)=O)n1. The van der Waals surface area contributed by atoms with Crippen LogP contribution in [-0.4, -0.2) is 22.7 Å². The van der Waals surface area contributed by atoms with E-state index < -0.39 is 5.91 Å². The molecule has 3 N–H and O–H groups in total. The first kappa shape index (κ1) is 16.0. The number of benzene rings is 1. The molecule has 1 atom stereocenters. The van der Waals surface area contributed by atoms with Gasteiger partial charge in [-0.15, -0.1) is 0 Å². The summed E-state index contributed by atoms with van der Waals surface area (Å²) in [6, 6.07) is 5.36. The number of nitrogens with two attached hydrogens (primary N) is 1. The number of ether oxygens (including phenoxy) is 1. The fourth-order valence-electron chi connectivity index (χ4n) is 2.10. The molecule has 2 aromatic rings. The van der Waals surface area contributed by atoms with E-state index in [9.17, 15) is 4.79 Å². The van der Waals surface area contributed by atoms with Gasteiger partial charge in [-0.05, 0) is 32.4 Å². The number of hydrogen-bond acceptors (Lipinski definition) is 6. The van der Waals surface area contributed by atoms with Gasteiger partial charge < -0.3 is 20.3 Å². The molecule has 2 rings (SSSR count). The monoisotopic (exact) mass is 304 g/mol. The van der Waals surface area contributed by atoms with Gasteiger partial charge in [0.1, 0.15) is 6.10 Å². The van der Waals surface area contributed by atoms with Crippen molar-refractivity contribution in [2.24, 2.45) is 5.73 Å². The molecule has 0 aliphatic heterocycles. The van der Waals surface area contributed by atoms with Gasteiger partial charge in [-0.1, -0.05) is 17.3 Å². The van der Waals surface area contributed by atoms with Gasteiger partial charge in [0.15, 0.2) is 5.82 Å². The third-order valence-corrected chi connectivity index (χ3v) is 3.22. The van der Waals surface area contributed by atoms with Gasteiger partial charge in [-0.3, -0.25) is 4.79 Å². The maximum atomic E-state index is 11.5. The largest absolute Gasteiger partial charge is 0.375 e. The van der Waals surface area contributed by atoms with Crippen LogP contribution in [0.25, 0.3) is 0 Å². The summed E-state index contributed by atoms with van der Waals surface area (Å²) in [7, 11) is 0. The highest BCUT2D eigenvalue weighted by molar-refractivity contribution is 5.99. The number of para-hydroxylation sites is 1. The van der Waals surface area contributed by atoms with Crippen molar-refractivity contribution in [1.29, 1.82) is 0 Å². The topological polar surface area (TPSA) is 103 Å². The van der Waals surface area contributed by atoms with Gasteiger partial charge in [0, 0.05) is 6.61 Å². The molecule has 7 nitrogen and oxygen atoms in total. The lowest BCUT2D eigenvalue weighted by Crippen LogP contribution is -2.15. The number of nitrogens with one attached hydrogen (secondary N) is 1. The Morgan fingerprint density at radius 2 is 2.27 bits per heavy atom. The van der Waals surface area contributed by atoms with Gasteiger partial charge in [-0.2, -0.15) is 4.98 Å². The number of carbonyl (C=O) groups excluding carboxylic acids is 1. The third-order valence-electron chi connectivity index (χ3n) is 3.22. The van der Waals surface area contributed by atoms with Crippen LogP contribution in [0.15, 0.2) is 22.7 Å². The average Bonchev–Trinajstić information content (AvgIpc) is 2.95. The minimum absolute atomic E-state index is 0.220. The van der Waals surface area contributed by atoms with Crippen LogP contribution < -0.4 is 11.1 Å². The molecule has 0 radical (unpaired) electrons. The molecule has 1 aromatic heterocycles. The Morgan fingerprint density at radius 3 is 2.95 bits per heavy atom. The number of hydrogen-bond donors (Lipinski definition) is 2. The van der Waals surface area contributed by atoms with Gasteiger partial charge >= 0.3 is 0 Å². The molecule has 0 saturated carbocycles. The van der Waals surface area contributed by atoms with Crippen molar-refractivity contribution >= 4 is 11.6 Å². The number of anilines is 1. The highest BCUT2D eigenvalue weighted by Crippen LogP contribution is 2.21. The van der Waals surface area contributed by atoms with Gasteiger partial charge in [0.2, 0.25) is 5.89 Å². The van der Waals surface area contributed by atoms with E-state index in [-0.39, 0.29) is 6.10 Å². The number of amides is 1. The average molecular weight is 304 g/mol. The second-order valence-electron chi connectivity index (χ2n) is 4.86. The molecule has 0 spiro atoms. The summed E-state index contributed by atoms with van der Waals surface area (Å²) in [6.45, 7) is 6.54. The Balaban J connectivity index is 2.09. The molecule has 0 fully saturated rings. The highest BCUT2D eigenvalue weighted by atomic mass is 16.5. The summed E-state index contributed by atoms with van der Waals surface area (Å²) in [5.74, 6) is 0.432. The van der Waals surface area contributed by atoms with E-state index >= 15 is 0 Å². The number of rotatable bonds is 7. The minimum Gasteiger partial charge on any atom is -0.375 e. The second kappa shape index (κ2) is 7.04. The van der Waals surface area contributed by atoms with E-state index in [4.69, 9.17) is 15.0 Å². The zero-order valence-corrected chi connectivity index (χ0v) is 12.9. The third kappa shape index (κ3) is 3.62. The van der Waals surface area contributed by atoms with E-state index in [2.05, 4.69) is 15.5 Å². The van der Waals surface area contributed by atoms with Crippen LogP contribution in [0.2, 0.25) is 0 Å². The first-order valence-corrected chi connectivity index (χ1v) is 7.10. The van der Waals surface area contributed by atoms with Gasteiger partial charge in [0.25, 0.3) is 5.91 Å². The summed E-state index contributed by atoms with van der Waals surface area (Å²) in [6.07, 6.45) is -0.220. The fourth-order valence-corrected chi connectivity index (χ4v) is 2.10. The number of aryl methyl sites for hydroxylation is 1. The van der Waals surface area contributed by atoms with Crippen LogP contribution in [0.5, 0.6) is 0 Å². The van der Waals surface area contributed by atoms with E-state index in [0.717, 1.165) is 5.56 Å². The van der Waals surface area contributed by atoms with Crippen LogP contribution in [0.1, 0.15) is 47.6 Å². The molecule has 1 aromatic carbocycles. The molecule has 1 heterocycles. The van der Waals surface area contributed by atoms with Gasteiger partial charge in [-0.25, -0.2) is 0 Å². The molecule has 0 unspecified atom stereocenters. The first-order valence-electron chi connectivity index (χ1n) is 7.10. The Morgan fingerprint density at radius 1 is 1.50 bits per heavy atom. The maximum Gasteiger partial charge on any atom is 0.250 e. The van der Waals surface area contributed by atoms with Crippen molar-refractivity contribution in [1.82, 2.24) is 10.1 Å². The zero-order valence-electron chi connectivity index (χ0n) is 12.9. The summed E-state index contributed by atoms with van der Waals surface area (Å²) in [5, 5.41) is 7.01. The van der Waals surface area contributed by atoms with Crippen molar-refractivity contribution in [3.63, 3.8) is 0 Å². The van der Waals surface area contributed by atoms with E-state index in [1.807, 2.05) is 26.8 Å². The van der Waals surface area contributed by atoms with E-state index in [1.54, 1.807) is 12.1 Å². The van der Waals surface area contributed by atoms with Gasteiger partial charge in [0.05, 0.1) is 17.8 Å². The van der Waals surface area contributed by atoms with Crippen LogP contribution >= 0.6 is 0 Å². The maximum absolute atomic E-state index is 11.5. The summed E-state index contributed by atoms with van der Waals surface area (Å²) < 4.78 is 10.6. The van der Waals surface area contributed by atoms with Crippen LogP contribution in [-0.2, 0) is 11.3 Å². The van der Waals surface area contributed by atoms with Crippen molar-refractivity contribution < 1.29 is 14.1 Å². The number of primary amides is 1. The molecule has 0 aliphatic rings. The first-order chi connectivity index (χ1) is 10.5. The molecular formula is C15H20N4O3. The van der Waals surface area contributed by atoms with Crippen molar-refractivity contribution in [3.8, 4) is 0 Å². The van der Waals surface area contributed by atoms with E-state index in [0.29, 0.717) is 36.1 Å². The summed E-state index contributed by atoms with van der Waals surface area (Å²) >= 11 is 0. The lowest BCUT2D eigenvalue weighted by atomic mass is 10.1. The molecule has 7 heteroatoms. The Labute approximate surface area is 128 Å². The van der Waals surface area contributed by atoms with Crippen molar-refractivity contribution in [2.75, 3.05) is 11.9 Å². The summed E-state index contributed by atoms with van der Waals surface area (Å²) in [4.78, 5) is 15.7. The smallest absolute Gasteiger partial charge is 0.250 e. The molecule has 0 aliphatic carbocycles. The lowest BCUT2D eigenvalue weighted by molar-refractivity contribution is 0.0683.